The summed E-state index contributed by atoms with van der Waals surface area (Å²) in [6, 6.07) is 3.53. The number of nitrogens with zero attached hydrogens (tertiary/aromatic N) is 6. The topological polar surface area (TPSA) is 95.3 Å². The number of carbonyl (C=O) groups excluding carboxylic acids is 1. The van der Waals surface area contributed by atoms with Gasteiger partial charge in [-0.3, -0.25) is 4.79 Å². The van der Waals surface area contributed by atoms with Crippen molar-refractivity contribution < 1.29 is 9.82 Å². The van der Waals surface area contributed by atoms with Crippen molar-refractivity contribution in [3.63, 3.8) is 0 Å². The van der Waals surface area contributed by atoms with E-state index in [2.05, 4.69) is 53.6 Å². The smallest absolute Gasteiger partial charge is 0.376 e. The molecule has 0 saturated carbocycles. The molecule has 0 atom stereocenters. The molecule has 0 spiro atoms. The van der Waals surface area contributed by atoms with Gasteiger partial charge in [0.05, 0.1) is 0 Å². The minimum atomic E-state index is -0.345. The van der Waals surface area contributed by atoms with E-state index in [1.165, 1.54) is 0 Å². The Labute approximate surface area is 218 Å². The lowest BCUT2D eigenvalue weighted by Gasteiger charge is -2.30. The molecule has 0 unspecified atom stereocenters. The van der Waals surface area contributed by atoms with Crippen LogP contribution in [0.3, 0.4) is 0 Å². The summed E-state index contributed by atoms with van der Waals surface area (Å²) in [5, 5.41) is 9.21. The van der Waals surface area contributed by atoms with Crippen LogP contribution in [0.1, 0.15) is 31.5 Å². The molecule has 35 heavy (non-hydrogen) atoms. The Morgan fingerprint density at radius 2 is 1.54 bits per heavy atom. The molecule has 0 aliphatic carbocycles. The normalized spacial score (nSPS) is 16.2. The van der Waals surface area contributed by atoms with E-state index in [-0.39, 0.29) is 12.9 Å². The number of halogens is 1. The largest absolute Gasteiger partial charge is 0.437 e. The van der Waals surface area contributed by atoms with Gasteiger partial charge in [-0.1, -0.05) is 5.92 Å². The molecule has 0 bridgehead atoms. The van der Waals surface area contributed by atoms with Crippen LogP contribution in [0.25, 0.3) is 0 Å². The van der Waals surface area contributed by atoms with E-state index in [1.807, 2.05) is 4.81 Å². The lowest BCUT2D eigenvalue weighted by molar-refractivity contribution is 0.202. The van der Waals surface area contributed by atoms with Gasteiger partial charge in [0, 0.05) is 49.7 Å². The van der Waals surface area contributed by atoms with Gasteiger partial charge < -0.3 is 14.7 Å². The summed E-state index contributed by atoms with van der Waals surface area (Å²) in [6.45, 7) is 5.05. The Bertz CT molecular complexity index is 982. The molecule has 4 rings (SSSR count). The van der Waals surface area contributed by atoms with E-state index < -0.39 is 0 Å². The average Bonchev–Trinajstić information content (AvgIpc) is 2.89. The second kappa shape index (κ2) is 16.0. The monoisotopic (exact) mass is 534 g/mol. The maximum Gasteiger partial charge on any atom is 0.376 e. The number of likely N-dealkylation sites (tertiary alicyclic amines) is 1. The molecule has 1 N–H and O–H groups in total. The predicted molar refractivity (Wildman–Crippen MR) is 141 cm³/mol. The summed E-state index contributed by atoms with van der Waals surface area (Å²) in [5.41, 5.74) is 0. The van der Waals surface area contributed by atoms with Crippen LogP contribution in [0.2, 0.25) is 6.82 Å². The number of rotatable bonds is 1. The minimum absolute atomic E-state index is 0.300. The molecule has 2 radical (unpaired) electrons. The molecule has 0 aromatic carbocycles. The quantitative estimate of drug-likeness (QED) is 0.341. The van der Waals surface area contributed by atoms with E-state index in [0.29, 0.717) is 35.5 Å². The molecule has 2 aromatic rings. The third kappa shape index (κ3) is 11.5. The second-order valence-electron chi connectivity index (χ2n) is 8.07. The van der Waals surface area contributed by atoms with Crippen molar-refractivity contribution in [3.05, 3.63) is 47.5 Å². The minimum Gasteiger partial charge on any atom is -0.437 e. The molecule has 2 saturated heterocycles. The van der Waals surface area contributed by atoms with E-state index in [1.54, 1.807) is 48.6 Å². The van der Waals surface area contributed by atoms with Crippen LogP contribution in [-0.2, 0) is 0 Å². The summed E-state index contributed by atoms with van der Waals surface area (Å²) in [4.78, 5) is 30.3. The molecule has 2 aliphatic rings. The standard InChI is InChI=1S/C12H12BN3O.C8H14BNO.C4H3BrN2/c13-12(17)16-8-4-10(5-9-16)2-3-11-14-6-1-7-15-11;1-3-8-4-6-10(7-5-8)9(2)11;5-4-6-2-1-3-7-4/h1,6-7,10H,4-5,8-9H2;1,8,11H,4-7H2,2H3;1-3H. The molecular formula is C24H29B2BrN6O2. The van der Waals surface area contributed by atoms with Crippen LogP contribution in [0.15, 0.2) is 41.7 Å². The third-order valence-electron chi connectivity index (χ3n) is 5.59. The summed E-state index contributed by atoms with van der Waals surface area (Å²) in [7, 11) is 4.90. The number of hydrogen-bond acceptors (Lipinski definition) is 7. The van der Waals surface area contributed by atoms with Crippen molar-refractivity contribution in [1.82, 2.24) is 29.6 Å². The van der Waals surface area contributed by atoms with E-state index in [9.17, 15) is 9.82 Å². The number of carbonyl (C=O) groups is 1. The van der Waals surface area contributed by atoms with Crippen molar-refractivity contribution in [2.75, 3.05) is 26.2 Å². The summed E-state index contributed by atoms with van der Waals surface area (Å²) >= 11 is 3.09. The van der Waals surface area contributed by atoms with Crippen LogP contribution in [0, 0.1) is 36.0 Å². The molecule has 4 heterocycles. The molecule has 1 amide bonds. The van der Waals surface area contributed by atoms with E-state index >= 15 is 0 Å². The molecule has 180 valence electrons. The van der Waals surface area contributed by atoms with Crippen LogP contribution >= 0.6 is 15.9 Å². The van der Waals surface area contributed by atoms with Crippen molar-refractivity contribution in [2.45, 2.75) is 32.5 Å². The summed E-state index contributed by atoms with van der Waals surface area (Å²) < 4.78 is 0.634. The Balaban J connectivity index is 0.000000205. The van der Waals surface area contributed by atoms with E-state index in [0.717, 1.165) is 38.8 Å². The van der Waals surface area contributed by atoms with Gasteiger partial charge in [-0.2, -0.15) is 0 Å². The molecule has 8 nitrogen and oxygen atoms in total. The zero-order chi connectivity index (χ0) is 25.5. The van der Waals surface area contributed by atoms with Gasteiger partial charge in [0.1, 0.15) is 0 Å². The first kappa shape index (κ1) is 28.5. The first-order valence-electron chi connectivity index (χ1n) is 11.5. The van der Waals surface area contributed by atoms with Crippen molar-refractivity contribution in [2.24, 2.45) is 11.8 Å². The highest BCUT2D eigenvalue weighted by atomic mass is 79.9. The fourth-order valence-electron chi connectivity index (χ4n) is 3.50. The van der Waals surface area contributed by atoms with Gasteiger partial charge >= 0.3 is 7.05 Å². The Hall–Kier alpha value is -2.72. The number of terminal acetylenes is 1. The van der Waals surface area contributed by atoms with Crippen molar-refractivity contribution >= 4 is 36.6 Å². The predicted octanol–water partition coefficient (Wildman–Crippen LogP) is 2.51. The Morgan fingerprint density at radius 3 is 1.97 bits per heavy atom. The van der Waals surface area contributed by atoms with E-state index in [4.69, 9.17) is 14.3 Å². The second-order valence-corrected chi connectivity index (χ2v) is 8.78. The highest BCUT2D eigenvalue weighted by Crippen LogP contribution is 2.16. The number of hydrogen-bond donors (Lipinski definition) is 1. The number of aromatic nitrogens is 4. The van der Waals surface area contributed by atoms with Crippen LogP contribution in [0.5, 0.6) is 0 Å². The Morgan fingerprint density at radius 1 is 1.03 bits per heavy atom. The lowest BCUT2D eigenvalue weighted by Crippen LogP contribution is -2.42. The fraction of sp³-hybridized carbons (Fsp3) is 0.458. The first-order chi connectivity index (χ1) is 16.9. The third-order valence-corrected chi connectivity index (χ3v) is 6.00. The Kier molecular flexibility index (Phi) is 13.1. The average molecular weight is 535 g/mol. The summed E-state index contributed by atoms with van der Waals surface area (Å²) in [6.07, 6.45) is 15.8. The summed E-state index contributed by atoms with van der Waals surface area (Å²) in [5.74, 6) is 9.79. The highest BCUT2D eigenvalue weighted by Gasteiger charge is 2.22. The van der Waals surface area contributed by atoms with Gasteiger partial charge in [0.25, 0.3) is 0 Å². The van der Waals surface area contributed by atoms with Gasteiger partial charge in [-0.05, 0) is 79.6 Å². The lowest BCUT2D eigenvalue weighted by atomic mass is 9.81. The molecule has 2 aliphatic heterocycles. The van der Waals surface area contributed by atoms with Crippen LogP contribution in [0.4, 0.5) is 4.79 Å². The van der Waals surface area contributed by atoms with Gasteiger partial charge in [-0.15, -0.1) is 12.3 Å². The van der Waals surface area contributed by atoms with Gasteiger partial charge in [-0.25, -0.2) is 19.9 Å². The maximum absolute atomic E-state index is 10.9. The van der Waals surface area contributed by atoms with Crippen LogP contribution in [-0.4, -0.2) is 81.6 Å². The molecule has 11 heteroatoms. The van der Waals surface area contributed by atoms with Crippen LogP contribution < -0.4 is 0 Å². The number of piperidine rings is 2. The zero-order valence-corrected chi connectivity index (χ0v) is 21.5. The highest BCUT2D eigenvalue weighted by molar-refractivity contribution is 9.10. The van der Waals surface area contributed by atoms with Crippen molar-refractivity contribution in [3.8, 4) is 24.2 Å². The fourth-order valence-corrected chi connectivity index (χ4v) is 3.73. The first-order valence-corrected chi connectivity index (χ1v) is 12.3. The number of amides is 1. The molecular weight excluding hydrogens is 506 g/mol. The molecule has 2 fully saturated rings. The zero-order valence-electron chi connectivity index (χ0n) is 19.9. The van der Waals surface area contributed by atoms with Crippen molar-refractivity contribution in [1.29, 1.82) is 0 Å². The molecule has 2 aromatic heterocycles. The van der Waals surface area contributed by atoms with Gasteiger partial charge in [0.15, 0.2) is 10.5 Å². The SMILES string of the molecule is Brc1ncccn1.C#CC1CCN(B(C)O)CC1.[B]C(=O)N1CCC(C#Cc2ncccn2)CC1. The maximum atomic E-state index is 10.9. The van der Waals surface area contributed by atoms with Gasteiger partial charge in [0.2, 0.25) is 13.7 Å².